The zero-order valence-electron chi connectivity index (χ0n) is 21.0. The van der Waals surface area contributed by atoms with Crippen LogP contribution in [0.1, 0.15) is 52.4 Å². The van der Waals surface area contributed by atoms with E-state index in [9.17, 15) is 28.8 Å². The predicted octanol–water partition coefficient (Wildman–Crippen LogP) is -1.61. The van der Waals surface area contributed by atoms with Gasteiger partial charge in [0.25, 0.3) is 0 Å². The predicted molar refractivity (Wildman–Crippen MR) is 135 cm³/mol. The minimum atomic E-state index is -0.921. The Morgan fingerprint density at radius 3 is 2.39 bits per heavy atom. The maximum Gasteiger partial charge on any atom is 0.243 e. The molecule has 12 nitrogen and oxygen atoms in total. The van der Waals surface area contributed by atoms with Crippen molar-refractivity contribution >= 4 is 47.0 Å². The largest absolute Gasteiger partial charge is 0.395 e. The molecule has 0 aromatic carbocycles. The third kappa shape index (κ3) is 11.0. The number of aliphatic hydroxyl groups excluding tert-OH is 1. The van der Waals surface area contributed by atoms with E-state index in [1.165, 1.54) is 6.92 Å². The summed E-state index contributed by atoms with van der Waals surface area (Å²) in [5.41, 5.74) is 5.49. The number of rotatable bonds is 17. The molecule has 4 atom stereocenters. The summed E-state index contributed by atoms with van der Waals surface area (Å²) in [4.78, 5) is 73.7. The first-order chi connectivity index (χ1) is 17.1. The van der Waals surface area contributed by atoms with Crippen LogP contribution < -0.4 is 27.0 Å². The highest BCUT2D eigenvalue weighted by atomic mass is 32.2. The van der Waals surface area contributed by atoms with E-state index < -0.39 is 35.1 Å². The SMILES string of the molecule is CCNC(=O)C(CSC1CC(=O)C(CCC(=O)NC(CCCCN)C(=O)NCCO)C1=O)NC(C)=O. The van der Waals surface area contributed by atoms with E-state index in [-0.39, 0.29) is 61.5 Å². The quantitative estimate of drug-likeness (QED) is 0.0948. The van der Waals surface area contributed by atoms with E-state index >= 15 is 0 Å². The van der Waals surface area contributed by atoms with Crippen molar-refractivity contribution in [3.8, 4) is 0 Å². The maximum atomic E-state index is 12.8. The zero-order chi connectivity index (χ0) is 27.1. The molecule has 1 rings (SSSR count). The second-order valence-electron chi connectivity index (χ2n) is 8.55. The van der Waals surface area contributed by atoms with E-state index in [0.29, 0.717) is 32.4 Å². The Balaban J connectivity index is 2.64. The van der Waals surface area contributed by atoms with Crippen LogP contribution in [0.5, 0.6) is 0 Å². The normalized spacial score (nSPS) is 18.9. The van der Waals surface area contributed by atoms with Gasteiger partial charge in [-0.15, -0.1) is 11.8 Å². The summed E-state index contributed by atoms with van der Waals surface area (Å²) < 4.78 is 0. The molecule has 1 aliphatic carbocycles. The Kier molecular flexibility index (Phi) is 14.9. The molecule has 36 heavy (non-hydrogen) atoms. The fourth-order valence-corrected chi connectivity index (χ4v) is 5.07. The van der Waals surface area contributed by atoms with Crippen molar-refractivity contribution < 1.29 is 33.9 Å². The number of nitrogens with two attached hydrogens (primary N) is 1. The summed E-state index contributed by atoms with van der Waals surface area (Å²) >= 11 is 1.14. The molecule has 0 aromatic rings. The zero-order valence-corrected chi connectivity index (χ0v) is 21.8. The number of likely N-dealkylation sites (N-methyl/N-ethyl adjacent to an activating group) is 1. The van der Waals surface area contributed by atoms with Crippen molar-refractivity contribution in [3.05, 3.63) is 0 Å². The maximum absolute atomic E-state index is 12.8. The number of nitrogens with one attached hydrogen (secondary N) is 4. The van der Waals surface area contributed by atoms with E-state index in [4.69, 9.17) is 10.8 Å². The highest BCUT2D eigenvalue weighted by Gasteiger charge is 2.41. The van der Waals surface area contributed by atoms with Crippen LogP contribution in [0.2, 0.25) is 0 Å². The number of amides is 4. The molecule has 1 aliphatic rings. The number of ketones is 2. The standard InChI is InChI=1S/C23H39N5O7S/c1-3-25-23(35)17(27-14(2)30)13-36-19-12-18(31)15(21(19)33)7-8-20(32)28-16(6-4-5-9-24)22(34)26-10-11-29/h15-17,19,29H,3-13,24H2,1-2H3,(H,25,35)(H,26,34)(H,27,30)(H,28,32). The Morgan fingerprint density at radius 2 is 1.78 bits per heavy atom. The molecule has 0 aromatic heterocycles. The molecule has 1 fully saturated rings. The molecular formula is C23H39N5O7S. The van der Waals surface area contributed by atoms with E-state index in [0.717, 1.165) is 11.8 Å². The van der Waals surface area contributed by atoms with Crippen LogP contribution in [0, 0.1) is 5.92 Å². The lowest BCUT2D eigenvalue weighted by Crippen LogP contribution is -2.48. The van der Waals surface area contributed by atoms with Gasteiger partial charge in [0.2, 0.25) is 23.6 Å². The fourth-order valence-electron chi connectivity index (χ4n) is 3.80. The van der Waals surface area contributed by atoms with Crippen LogP contribution >= 0.6 is 11.8 Å². The van der Waals surface area contributed by atoms with Gasteiger partial charge < -0.3 is 32.1 Å². The molecular weight excluding hydrogens is 490 g/mol. The summed E-state index contributed by atoms with van der Waals surface area (Å²) in [6.45, 7) is 3.73. The molecule has 7 N–H and O–H groups in total. The van der Waals surface area contributed by atoms with Gasteiger partial charge in [-0.2, -0.15) is 0 Å². The molecule has 1 saturated carbocycles. The lowest BCUT2D eigenvalue weighted by atomic mass is 9.99. The van der Waals surface area contributed by atoms with Gasteiger partial charge in [0.1, 0.15) is 17.9 Å². The second kappa shape index (κ2) is 17.0. The van der Waals surface area contributed by atoms with Crippen LogP contribution in [0.4, 0.5) is 0 Å². The monoisotopic (exact) mass is 529 g/mol. The minimum Gasteiger partial charge on any atom is -0.395 e. The lowest BCUT2D eigenvalue weighted by Gasteiger charge is -2.19. The Labute approximate surface area is 215 Å². The molecule has 0 bridgehead atoms. The number of Topliss-reactive ketones (excluding diaryl/α,β-unsaturated/α-hetero) is 2. The number of thioether (sulfide) groups is 1. The highest BCUT2D eigenvalue weighted by molar-refractivity contribution is 8.00. The highest BCUT2D eigenvalue weighted by Crippen LogP contribution is 2.31. The number of carbonyl (C=O) groups excluding carboxylic acids is 6. The topological polar surface area (TPSA) is 197 Å². The summed E-state index contributed by atoms with van der Waals surface area (Å²) in [6, 6.07) is -1.62. The van der Waals surface area contributed by atoms with Crippen molar-refractivity contribution in [1.29, 1.82) is 0 Å². The van der Waals surface area contributed by atoms with Gasteiger partial charge in [-0.3, -0.25) is 28.8 Å². The van der Waals surface area contributed by atoms with Gasteiger partial charge in [-0.05, 0) is 39.2 Å². The van der Waals surface area contributed by atoms with Gasteiger partial charge in [0.05, 0.1) is 17.8 Å². The van der Waals surface area contributed by atoms with Gasteiger partial charge in [-0.1, -0.05) is 0 Å². The van der Waals surface area contributed by atoms with Crippen LogP contribution in [0.25, 0.3) is 0 Å². The van der Waals surface area contributed by atoms with Crippen molar-refractivity contribution in [2.75, 3.05) is 32.0 Å². The second-order valence-corrected chi connectivity index (χ2v) is 9.79. The van der Waals surface area contributed by atoms with Crippen molar-refractivity contribution in [1.82, 2.24) is 21.3 Å². The van der Waals surface area contributed by atoms with E-state index in [2.05, 4.69) is 21.3 Å². The number of aliphatic hydroxyl groups is 1. The van der Waals surface area contributed by atoms with Gasteiger partial charge >= 0.3 is 0 Å². The average molecular weight is 530 g/mol. The first-order valence-corrected chi connectivity index (χ1v) is 13.3. The Morgan fingerprint density at radius 1 is 1.08 bits per heavy atom. The van der Waals surface area contributed by atoms with Crippen molar-refractivity contribution in [3.63, 3.8) is 0 Å². The Bertz CT molecular complexity index is 795. The summed E-state index contributed by atoms with van der Waals surface area (Å²) in [7, 11) is 0. The number of unbranched alkanes of at least 4 members (excludes halogenated alkanes) is 1. The number of hydrogen-bond donors (Lipinski definition) is 6. The summed E-state index contributed by atoms with van der Waals surface area (Å²) in [5.74, 6) is -2.96. The molecule has 4 unspecified atom stereocenters. The van der Waals surface area contributed by atoms with E-state index in [1.807, 2.05) is 0 Å². The number of carbonyl (C=O) groups is 6. The van der Waals surface area contributed by atoms with Gasteiger partial charge in [0.15, 0.2) is 5.78 Å². The smallest absolute Gasteiger partial charge is 0.243 e. The Hall–Kier alpha value is -2.51. The third-order valence-corrected chi connectivity index (χ3v) is 6.94. The van der Waals surface area contributed by atoms with Crippen LogP contribution in [0.3, 0.4) is 0 Å². The molecule has 204 valence electrons. The first-order valence-electron chi connectivity index (χ1n) is 12.2. The van der Waals surface area contributed by atoms with Crippen LogP contribution in [-0.4, -0.2) is 89.6 Å². The van der Waals surface area contributed by atoms with Crippen LogP contribution in [-0.2, 0) is 28.8 Å². The third-order valence-electron chi connectivity index (χ3n) is 5.61. The van der Waals surface area contributed by atoms with Crippen LogP contribution in [0.15, 0.2) is 0 Å². The minimum absolute atomic E-state index is 0.00323. The molecule has 0 heterocycles. The first kappa shape index (κ1) is 31.5. The van der Waals surface area contributed by atoms with E-state index in [1.54, 1.807) is 6.92 Å². The summed E-state index contributed by atoms with van der Waals surface area (Å²) in [5, 5.41) is 18.6. The molecule has 4 amide bonds. The summed E-state index contributed by atoms with van der Waals surface area (Å²) in [6.07, 6.45) is 1.62. The number of hydrogen-bond acceptors (Lipinski definition) is 9. The molecule has 13 heteroatoms. The fraction of sp³-hybridized carbons (Fsp3) is 0.739. The van der Waals surface area contributed by atoms with Crippen molar-refractivity contribution in [2.45, 2.75) is 69.7 Å². The molecule has 0 saturated heterocycles. The molecule has 0 radical (unpaired) electrons. The average Bonchev–Trinajstić information content (AvgIpc) is 3.10. The van der Waals surface area contributed by atoms with Gasteiger partial charge in [-0.25, -0.2) is 0 Å². The molecule has 0 aliphatic heterocycles. The lowest BCUT2D eigenvalue weighted by molar-refractivity contribution is -0.130. The van der Waals surface area contributed by atoms with Crippen molar-refractivity contribution in [2.24, 2.45) is 11.7 Å². The molecule has 0 spiro atoms. The van der Waals surface area contributed by atoms with Gasteiger partial charge in [0, 0.05) is 38.6 Å².